The number of carbonyl (C=O) groups is 1. The number of carbonyl (C=O) groups excluding carboxylic acids is 1. The van der Waals surface area contributed by atoms with Gasteiger partial charge in [0, 0.05) is 17.6 Å². The summed E-state index contributed by atoms with van der Waals surface area (Å²) in [5.74, 6) is 0.0728. The first-order valence-corrected chi connectivity index (χ1v) is 8.10. The highest BCUT2D eigenvalue weighted by Crippen LogP contribution is 2.24. The molecule has 1 aromatic heterocycles. The number of benzene rings is 2. The van der Waals surface area contributed by atoms with Gasteiger partial charge in [0.1, 0.15) is 17.9 Å². The molecule has 128 valence electrons. The Labute approximate surface area is 145 Å². The molecule has 3 rings (SSSR count). The van der Waals surface area contributed by atoms with Crippen molar-refractivity contribution in [1.29, 1.82) is 0 Å². The van der Waals surface area contributed by atoms with Crippen LogP contribution in [0.25, 0.3) is 10.9 Å². The van der Waals surface area contributed by atoms with Crippen LogP contribution in [0.3, 0.4) is 0 Å². The van der Waals surface area contributed by atoms with E-state index in [-0.39, 0.29) is 17.6 Å². The van der Waals surface area contributed by atoms with Gasteiger partial charge in [0.05, 0.1) is 12.1 Å². The molecule has 0 aliphatic carbocycles. The lowest BCUT2D eigenvalue weighted by molar-refractivity contribution is 0.0524. The van der Waals surface area contributed by atoms with Gasteiger partial charge in [0.2, 0.25) is 5.43 Å². The topological polar surface area (TPSA) is 68.4 Å². The highest BCUT2D eigenvalue weighted by atomic mass is 16.5. The summed E-state index contributed by atoms with van der Waals surface area (Å²) in [4.78, 5) is 27.4. The number of aromatic nitrogens is 1. The number of pyridine rings is 1. The average molecular weight is 337 g/mol. The van der Waals surface area contributed by atoms with E-state index >= 15 is 0 Å². The number of fused-ring (bicyclic) bond motifs is 1. The van der Waals surface area contributed by atoms with Crippen molar-refractivity contribution in [3.05, 3.63) is 75.6 Å². The van der Waals surface area contributed by atoms with E-state index in [0.29, 0.717) is 23.3 Å². The van der Waals surface area contributed by atoms with Gasteiger partial charge in [-0.25, -0.2) is 4.79 Å². The third-order valence-corrected chi connectivity index (χ3v) is 3.91. The molecule has 0 spiro atoms. The molecule has 3 aromatic rings. The summed E-state index contributed by atoms with van der Waals surface area (Å²) in [7, 11) is 0. The maximum Gasteiger partial charge on any atom is 0.343 e. The van der Waals surface area contributed by atoms with Crippen molar-refractivity contribution < 1.29 is 14.3 Å². The number of esters is 1. The van der Waals surface area contributed by atoms with Crippen LogP contribution in [0, 0.1) is 6.92 Å². The van der Waals surface area contributed by atoms with Crippen LogP contribution in [0.4, 0.5) is 0 Å². The fraction of sp³-hybridized carbons (Fsp3) is 0.200. The Hall–Kier alpha value is -3.08. The van der Waals surface area contributed by atoms with E-state index in [1.807, 2.05) is 37.3 Å². The fourth-order valence-corrected chi connectivity index (χ4v) is 2.61. The molecule has 0 atom stereocenters. The van der Waals surface area contributed by atoms with Crippen LogP contribution in [0.15, 0.2) is 53.5 Å². The molecule has 0 radical (unpaired) electrons. The third-order valence-electron chi connectivity index (χ3n) is 3.91. The minimum Gasteiger partial charge on any atom is -0.489 e. The molecule has 0 saturated heterocycles. The molecule has 1 heterocycles. The van der Waals surface area contributed by atoms with Crippen molar-refractivity contribution in [2.75, 3.05) is 6.61 Å². The standard InChI is InChI=1S/C20H19NO4/c1-3-24-20(23)16-11-21-17-10-18(13(2)9-15(17)19(16)22)25-12-14-7-5-4-6-8-14/h4-11H,3,12H2,1-2H3,(H,21,22). The normalized spacial score (nSPS) is 10.6. The van der Waals surface area contributed by atoms with Crippen LogP contribution >= 0.6 is 0 Å². The van der Waals surface area contributed by atoms with Crippen molar-refractivity contribution in [1.82, 2.24) is 4.98 Å². The molecule has 5 heteroatoms. The number of ether oxygens (including phenoxy) is 2. The first kappa shape index (κ1) is 16.8. The van der Waals surface area contributed by atoms with Crippen LogP contribution < -0.4 is 10.2 Å². The largest absolute Gasteiger partial charge is 0.489 e. The number of hydrogen-bond acceptors (Lipinski definition) is 4. The number of rotatable bonds is 5. The first-order valence-electron chi connectivity index (χ1n) is 8.10. The van der Waals surface area contributed by atoms with E-state index < -0.39 is 5.97 Å². The molecular weight excluding hydrogens is 318 g/mol. The summed E-state index contributed by atoms with van der Waals surface area (Å²) in [5.41, 5.74) is 2.17. The Morgan fingerprint density at radius 2 is 1.92 bits per heavy atom. The van der Waals surface area contributed by atoms with Gasteiger partial charge in [-0.2, -0.15) is 0 Å². The molecule has 25 heavy (non-hydrogen) atoms. The zero-order valence-electron chi connectivity index (χ0n) is 14.2. The zero-order chi connectivity index (χ0) is 17.8. The number of nitrogens with one attached hydrogen (secondary N) is 1. The van der Waals surface area contributed by atoms with Gasteiger partial charge in [0.25, 0.3) is 0 Å². The van der Waals surface area contributed by atoms with Crippen molar-refractivity contribution in [3.63, 3.8) is 0 Å². The molecule has 1 N–H and O–H groups in total. The molecule has 0 amide bonds. The maximum absolute atomic E-state index is 12.5. The van der Waals surface area contributed by atoms with Gasteiger partial charge in [-0.3, -0.25) is 4.79 Å². The van der Waals surface area contributed by atoms with E-state index in [2.05, 4.69) is 4.98 Å². The second-order valence-corrected chi connectivity index (χ2v) is 5.69. The van der Waals surface area contributed by atoms with Crippen LogP contribution in [0.5, 0.6) is 5.75 Å². The SMILES string of the molecule is CCOC(=O)c1c[nH]c2cc(OCc3ccccc3)c(C)cc2c1=O. The van der Waals surface area contributed by atoms with Gasteiger partial charge >= 0.3 is 5.97 Å². The molecular formula is C20H19NO4. The summed E-state index contributed by atoms with van der Waals surface area (Å²) in [6.45, 7) is 4.24. The lowest BCUT2D eigenvalue weighted by Gasteiger charge is -2.11. The predicted octanol–water partition coefficient (Wildman–Crippen LogP) is 3.59. The van der Waals surface area contributed by atoms with E-state index in [1.165, 1.54) is 6.20 Å². The van der Waals surface area contributed by atoms with Gasteiger partial charge in [-0.1, -0.05) is 30.3 Å². The summed E-state index contributed by atoms with van der Waals surface area (Å²) in [6, 6.07) is 13.4. The van der Waals surface area contributed by atoms with Crippen LogP contribution in [0.2, 0.25) is 0 Å². The molecule has 0 unspecified atom stereocenters. The van der Waals surface area contributed by atoms with E-state index in [1.54, 1.807) is 19.1 Å². The summed E-state index contributed by atoms with van der Waals surface area (Å²) in [5, 5.41) is 0.440. The fourth-order valence-electron chi connectivity index (χ4n) is 2.61. The number of H-pyrrole nitrogens is 1. The van der Waals surface area contributed by atoms with Crippen molar-refractivity contribution in [2.45, 2.75) is 20.5 Å². The quantitative estimate of drug-likeness (QED) is 0.722. The van der Waals surface area contributed by atoms with Crippen LogP contribution in [0.1, 0.15) is 28.4 Å². The minimum atomic E-state index is -0.618. The molecule has 0 bridgehead atoms. The third kappa shape index (κ3) is 3.55. The number of hydrogen-bond donors (Lipinski definition) is 1. The molecule has 0 fully saturated rings. The van der Waals surface area contributed by atoms with Crippen molar-refractivity contribution in [3.8, 4) is 5.75 Å². The highest BCUT2D eigenvalue weighted by molar-refractivity contribution is 5.94. The second-order valence-electron chi connectivity index (χ2n) is 5.69. The molecule has 2 aromatic carbocycles. The average Bonchev–Trinajstić information content (AvgIpc) is 2.62. The van der Waals surface area contributed by atoms with E-state index in [0.717, 1.165) is 11.1 Å². The van der Waals surface area contributed by atoms with E-state index in [9.17, 15) is 9.59 Å². The molecule has 0 aliphatic heterocycles. The van der Waals surface area contributed by atoms with Crippen molar-refractivity contribution >= 4 is 16.9 Å². The van der Waals surface area contributed by atoms with Gasteiger partial charge in [0.15, 0.2) is 0 Å². The van der Waals surface area contributed by atoms with Gasteiger partial charge < -0.3 is 14.5 Å². The van der Waals surface area contributed by atoms with Crippen LogP contribution in [-0.2, 0) is 11.3 Å². The second kappa shape index (κ2) is 7.21. The van der Waals surface area contributed by atoms with Crippen molar-refractivity contribution in [2.24, 2.45) is 0 Å². The molecule has 5 nitrogen and oxygen atoms in total. The minimum absolute atomic E-state index is 0.00621. The van der Waals surface area contributed by atoms with E-state index in [4.69, 9.17) is 9.47 Å². The Bertz CT molecular complexity index is 961. The van der Waals surface area contributed by atoms with Crippen LogP contribution in [-0.4, -0.2) is 17.6 Å². The maximum atomic E-state index is 12.5. The zero-order valence-corrected chi connectivity index (χ0v) is 14.2. The monoisotopic (exact) mass is 337 g/mol. The summed E-state index contributed by atoms with van der Waals surface area (Å²) in [6.07, 6.45) is 1.39. The highest BCUT2D eigenvalue weighted by Gasteiger charge is 2.15. The Morgan fingerprint density at radius 3 is 2.64 bits per heavy atom. The number of aryl methyl sites for hydroxylation is 1. The predicted molar refractivity (Wildman–Crippen MR) is 96.0 cm³/mol. The molecule has 0 aliphatic rings. The Kier molecular flexibility index (Phi) is 4.84. The Morgan fingerprint density at radius 1 is 1.16 bits per heavy atom. The van der Waals surface area contributed by atoms with Gasteiger partial charge in [-0.05, 0) is 31.0 Å². The lowest BCUT2D eigenvalue weighted by atomic mass is 10.1. The lowest BCUT2D eigenvalue weighted by Crippen LogP contribution is -2.18. The summed E-state index contributed by atoms with van der Waals surface area (Å²) >= 11 is 0. The molecule has 0 saturated carbocycles. The number of aromatic amines is 1. The Balaban J connectivity index is 1.93. The summed E-state index contributed by atoms with van der Waals surface area (Å²) < 4.78 is 10.8. The smallest absolute Gasteiger partial charge is 0.343 e. The first-order chi connectivity index (χ1) is 12.1. The van der Waals surface area contributed by atoms with Gasteiger partial charge in [-0.15, -0.1) is 0 Å².